The van der Waals surface area contributed by atoms with E-state index in [2.05, 4.69) is 10.1 Å². The Morgan fingerprint density at radius 2 is 2.05 bits per heavy atom. The Kier molecular flexibility index (Phi) is 5.00. The first-order chi connectivity index (χ1) is 9.63. The van der Waals surface area contributed by atoms with Gasteiger partial charge in [0.25, 0.3) is 0 Å². The first kappa shape index (κ1) is 14.8. The number of anilines is 1. The molecule has 0 heterocycles. The summed E-state index contributed by atoms with van der Waals surface area (Å²) in [6, 6.07) is 4.81. The lowest BCUT2D eigenvalue weighted by Gasteiger charge is -2.21. The molecule has 0 saturated heterocycles. The van der Waals surface area contributed by atoms with Gasteiger partial charge in [0.1, 0.15) is 11.5 Å². The molecule has 1 aromatic carbocycles. The van der Waals surface area contributed by atoms with Crippen molar-refractivity contribution in [3.8, 4) is 11.5 Å². The normalized spacial score (nSPS) is 16.1. The van der Waals surface area contributed by atoms with Gasteiger partial charge < -0.3 is 19.5 Å². The molecule has 20 heavy (non-hydrogen) atoms. The van der Waals surface area contributed by atoms with Gasteiger partial charge in [0.2, 0.25) is 0 Å². The third-order valence-electron chi connectivity index (χ3n) is 3.28. The van der Waals surface area contributed by atoms with Crippen molar-refractivity contribution in [2.75, 3.05) is 26.1 Å². The number of alkyl halides is 2. The predicted molar refractivity (Wildman–Crippen MR) is 71.6 cm³/mol. The van der Waals surface area contributed by atoms with Gasteiger partial charge in [0.15, 0.2) is 0 Å². The average molecular weight is 287 g/mol. The zero-order valence-corrected chi connectivity index (χ0v) is 11.6. The minimum Gasteiger partial charge on any atom is -0.497 e. The number of ether oxygens (including phenoxy) is 3. The van der Waals surface area contributed by atoms with Gasteiger partial charge in [-0.1, -0.05) is 0 Å². The maximum atomic E-state index is 12.4. The van der Waals surface area contributed by atoms with Crippen molar-refractivity contribution in [2.45, 2.75) is 25.5 Å². The van der Waals surface area contributed by atoms with Crippen molar-refractivity contribution in [1.82, 2.24) is 0 Å². The van der Waals surface area contributed by atoms with Gasteiger partial charge in [-0.15, -0.1) is 0 Å². The van der Waals surface area contributed by atoms with E-state index in [0.717, 1.165) is 12.8 Å². The number of benzene rings is 1. The van der Waals surface area contributed by atoms with E-state index in [1.165, 1.54) is 13.2 Å². The van der Waals surface area contributed by atoms with E-state index in [1.54, 1.807) is 19.2 Å². The summed E-state index contributed by atoms with van der Waals surface area (Å²) >= 11 is 0. The van der Waals surface area contributed by atoms with Gasteiger partial charge in [-0.05, 0) is 30.9 Å². The molecule has 0 spiro atoms. The van der Waals surface area contributed by atoms with Crippen LogP contribution in [-0.2, 0) is 4.74 Å². The molecule has 112 valence electrons. The molecule has 6 heteroatoms. The molecule has 4 nitrogen and oxygen atoms in total. The minimum absolute atomic E-state index is 0.0899. The van der Waals surface area contributed by atoms with Gasteiger partial charge in [0, 0.05) is 13.2 Å². The molecule has 0 aromatic heterocycles. The fourth-order valence-electron chi connectivity index (χ4n) is 2.12. The van der Waals surface area contributed by atoms with Crippen molar-refractivity contribution in [1.29, 1.82) is 0 Å². The zero-order chi connectivity index (χ0) is 14.5. The number of rotatable bonds is 8. The molecule has 1 aliphatic rings. The standard InChI is InChI=1S/C14H19F2NO3/c1-18-8-12(9-3-4-9)17-11-7-10(19-2)5-6-13(11)20-14(15)16/h5-7,9,12,14,17H,3-4,8H2,1-2H3. The van der Waals surface area contributed by atoms with Gasteiger partial charge >= 0.3 is 6.61 Å². The van der Waals surface area contributed by atoms with Crippen molar-refractivity contribution in [3.63, 3.8) is 0 Å². The van der Waals surface area contributed by atoms with E-state index < -0.39 is 6.61 Å². The third-order valence-corrected chi connectivity index (χ3v) is 3.28. The molecule has 0 bridgehead atoms. The Balaban J connectivity index is 2.17. The summed E-state index contributed by atoms with van der Waals surface area (Å²) < 4.78 is 39.7. The summed E-state index contributed by atoms with van der Waals surface area (Å²) in [4.78, 5) is 0. The molecule has 0 radical (unpaired) electrons. The first-order valence-electron chi connectivity index (χ1n) is 6.52. The van der Waals surface area contributed by atoms with Crippen LogP contribution in [0.25, 0.3) is 0 Å². The molecule has 0 amide bonds. The quantitative estimate of drug-likeness (QED) is 0.797. The van der Waals surface area contributed by atoms with Crippen LogP contribution in [0.1, 0.15) is 12.8 Å². The number of methoxy groups -OCH3 is 2. The SMILES string of the molecule is COCC(Nc1cc(OC)ccc1OC(F)F)C1CC1. The molecule has 2 rings (SSSR count). The van der Waals surface area contributed by atoms with Gasteiger partial charge in [0.05, 0.1) is 25.4 Å². The van der Waals surface area contributed by atoms with Gasteiger partial charge in [-0.3, -0.25) is 0 Å². The van der Waals surface area contributed by atoms with E-state index >= 15 is 0 Å². The molecular weight excluding hydrogens is 268 g/mol. The fourth-order valence-corrected chi connectivity index (χ4v) is 2.12. The van der Waals surface area contributed by atoms with Gasteiger partial charge in [-0.2, -0.15) is 8.78 Å². The first-order valence-corrected chi connectivity index (χ1v) is 6.52. The predicted octanol–water partition coefficient (Wildman–Crippen LogP) is 3.13. The highest BCUT2D eigenvalue weighted by molar-refractivity contribution is 5.60. The van der Waals surface area contributed by atoms with Gasteiger partial charge in [-0.25, -0.2) is 0 Å². The van der Waals surface area contributed by atoms with Crippen LogP contribution < -0.4 is 14.8 Å². The summed E-state index contributed by atoms with van der Waals surface area (Å²) in [6.07, 6.45) is 2.24. The van der Waals surface area contributed by atoms with E-state index in [-0.39, 0.29) is 11.8 Å². The molecule has 1 N–H and O–H groups in total. The topological polar surface area (TPSA) is 39.7 Å². The summed E-state index contributed by atoms with van der Waals surface area (Å²) in [7, 11) is 3.15. The smallest absolute Gasteiger partial charge is 0.387 e. The van der Waals surface area contributed by atoms with Crippen LogP contribution in [0, 0.1) is 5.92 Å². The Bertz CT molecular complexity index is 438. The van der Waals surface area contributed by atoms with Crippen LogP contribution in [0.4, 0.5) is 14.5 Å². The Labute approximate surface area is 117 Å². The summed E-state index contributed by atoms with van der Waals surface area (Å²) in [5.74, 6) is 1.21. The van der Waals surface area contributed by atoms with Crippen LogP contribution in [0.5, 0.6) is 11.5 Å². The maximum absolute atomic E-state index is 12.4. The molecule has 1 aromatic rings. The number of hydrogen-bond donors (Lipinski definition) is 1. The largest absolute Gasteiger partial charge is 0.497 e. The fraction of sp³-hybridized carbons (Fsp3) is 0.571. The lowest BCUT2D eigenvalue weighted by atomic mass is 10.1. The molecule has 1 atom stereocenters. The van der Waals surface area contributed by atoms with Crippen molar-refractivity contribution < 1.29 is 23.0 Å². The number of halogens is 2. The molecule has 1 fully saturated rings. The Morgan fingerprint density at radius 1 is 1.30 bits per heavy atom. The summed E-state index contributed by atoms with van der Waals surface area (Å²) in [6.45, 7) is -2.33. The van der Waals surface area contributed by atoms with Crippen LogP contribution in [0.2, 0.25) is 0 Å². The Morgan fingerprint density at radius 3 is 2.60 bits per heavy atom. The second-order valence-corrected chi connectivity index (χ2v) is 4.78. The number of hydrogen-bond acceptors (Lipinski definition) is 4. The molecule has 0 aliphatic heterocycles. The Hall–Kier alpha value is -1.56. The van der Waals surface area contributed by atoms with Crippen molar-refractivity contribution in [3.05, 3.63) is 18.2 Å². The van der Waals surface area contributed by atoms with Crippen molar-refractivity contribution in [2.24, 2.45) is 5.92 Å². The van der Waals surface area contributed by atoms with E-state index in [9.17, 15) is 8.78 Å². The maximum Gasteiger partial charge on any atom is 0.387 e. The average Bonchev–Trinajstić information content (AvgIpc) is 3.24. The summed E-state index contributed by atoms with van der Waals surface area (Å²) in [5, 5.41) is 3.23. The monoisotopic (exact) mass is 287 g/mol. The van der Waals surface area contributed by atoms with Crippen LogP contribution in [0.15, 0.2) is 18.2 Å². The minimum atomic E-state index is -2.86. The highest BCUT2D eigenvalue weighted by atomic mass is 19.3. The van der Waals surface area contributed by atoms with Crippen LogP contribution in [0.3, 0.4) is 0 Å². The molecular formula is C14H19F2NO3. The van der Waals surface area contributed by atoms with Crippen molar-refractivity contribution >= 4 is 5.69 Å². The van der Waals surface area contributed by atoms with Crippen LogP contribution in [-0.4, -0.2) is 33.5 Å². The zero-order valence-electron chi connectivity index (χ0n) is 11.6. The van der Waals surface area contributed by atoms with E-state index in [1.807, 2.05) is 0 Å². The second-order valence-electron chi connectivity index (χ2n) is 4.78. The van der Waals surface area contributed by atoms with E-state index in [0.29, 0.717) is 24.0 Å². The molecule has 1 aliphatic carbocycles. The molecule has 1 unspecified atom stereocenters. The second kappa shape index (κ2) is 6.74. The summed E-state index contributed by atoms with van der Waals surface area (Å²) in [5.41, 5.74) is 0.499. The number of nitrogens with one attached hydrogen (secondary N) is 1. The molecule has 1 saturated carbocycles. The third kappa shape index (κ3) is 3.96. The highest BCUT2D eigenvalue weighted by Crippen LogP contribution is 2.37. The van der Waals surface area contributed by atoms with Crippen LogP contribution >= 0.6 is 0 Å². The highest BCUT2D eigenvalue weighted by Gasteiger charge is 2.31. The van der Waals surface area contributed by atoms with E-state index in [4.69, 9.17) is 9.47 Å². The lowest BCUT2D eigenvalue weighted by molar-refractivity contribution is -0.0494. The lowest BCUT2D eigenvalue weighted by Crippen LogP contribution is -2.27.